The Hall–Kier alpha value is -1.18. The van der Waals surface area contributed by atoms with Crippen LogP contribution < -0.4 is 0 Å². The number of allylic oxidation sites excluding steroid dienone is 4. The van der Waals surface area contributed by atoms with Gasteiger partial charge in [-0.25, -0.2) is 0 Å². The van der Waals surface area contributed by atoms with Gasteiger partial charge < -0.3 is 0 Å². The maximum absolute atomic E-state index is 7.68. The van der Waals surface area contributed by atoms with Crippen LogP contribution in [0, 0.1) is 16.7 Å². The van der Waals surface area contributed by atoms with Crippen LogP contribution in [0.2, 0.25) is 0 Å². The maximum Gasteiger partial charge on any atom is 0.0826 e. The Morgan fingerprint density at radius 3 is 2.17 bits per heavy atom. The van der Waals surface area contributed by atoms with E-state index < -0.39 is 0 Å². The molecule has 0 fully saturated rings. The van der Waals surface area contributed by atoms with E-state index in [0.29, 0.717) is 17.3 Å². The summed E-state index contributed by atoms with van der Waals surface area (Å²) in [6.07, 6.45) is 3.86. The molecule has 0 aromatic rings. The molecular weight excluding hydrogens is 148 g/mol. The van der Waals surface area contributed by atoms with E-state index in [-0.39, 0.29) is 0 Å². The zero-order valence-corrected chi connectivity index (χ0v) is 7.73. The normalized spacial score (nSPS) is 18.0. The van der Waals surface area contributed by atoms with E-state index in [1.54, 1.807) is 0 Å². The van der Waals surface area contributed by atoms with E-state index in [0.717, 1.165) is 11.1 Å². The van der Waals surface area contributed by atoms with E-state index in [1.807, 2.05) is 32.9 Å². The Labute approximate surface area is 73.0 Å². The molecule has 1 rings (SSSR count). The van der Waals surface area contributed by atoms with Gasteiger partial charge in [-0.3, -0.25) is 10.8 Å². The van der Waals surface area contributed by atoms with Crippen LogP contribution in [0.3, 0.4) is 0 Å². The predicted molar refractivity (Wildman–Crippen MR) is 52.1 cm³/mol. The minimum Gasteiger partial charge on any atom is -0.298 e. The van der Waals surface area contributed by atoms with Crippen molar-refractivity contribution in [3.05, 3.63) is 23.3 Å². The summed E-state index contributed by atoms with van der Waals surface area (Å²) in [5, 5.41) is 15.3. The lowest BCUT2D eigenvalue weighted by atomic mass is 9.88. The van der Waals surface area contributed by atoms with Gasteiger partial charge >= 0.3 is 0 Å². The molecule has 2 N–H and O–H groups in total. The number of rotatable bonds is 1. The molecule has 1 aliphatic rings. The van der Waals surface area contributed by atoms with E-state index in [4.69, 9.17) is 10.8 Å². The van der Waals surface area contributed by atoms with Gasteiger partial charge in [0.25, 0.3) is 0 Å². The summed E-state index contributed by atoms with van der Waals surface area (Å²) in [6.45, 7) is 5.95. The summed E-state index contributed by atoms with van der Waals surface area (Å²) >= 11 is 0. The van der Waals surface area contributed by atoms with E-state index in [9.17, 15) is 0 Å². The van der Waals surface area contributed by atoms with Crippen LogP contribution >= 0.6 is 0 Å². The van der Waals surface area contributed by atoms with Gasteiger partial charge in [-0.1, -0.05) is 26.0 Å². The number of hydrogen-bond donors (Lipinski definition) is 2. The molecule has 0 heterocycles. The fourth-order valence-electron chi connectivity index (χ4n) is 1.20. The van der Waals surface area contributed by atoms with Gasteiger partial charge in [-0.15, -0.1) is 0 Å². The minimum absolute atomic E-state index is 0.335. The summed E-state index contributed by atoms with van der Waals surface area (Å²) in [5.41, 5.74) is 2.58. The standard InChI is InChI=1S/C10H14N2/c1-6(2)8-5-4-7(3)9(11)10(8)12/h4-6,11-12H,1-3H3. The molecule has 0 saturated carbocycles. The molecule has 1 aliphatic carbocycles. The first-order valence-electron chi connectivity index (χ1n) is 4.10. The fourth-order valence-corrected chi connectivity index (χ4v) is 1.20. The molecule has 0 atom stereocenters. The summed E-state index contributed by atoms with van der Waals surface area (Å²) in [7, 11) is 0. The molecule has 12 heavy (non-hydrogen) atoms. The van der Waals surface area contributed by atoms with E-state index in [2.05, 4.69) is 0 Å². The van der Waals surface area contributed by atoms with Crippen molar-refractivity contribution < 1.29 is 0 Å². The van der Waals surface area contributed by atoms with Gasteiger partial charge in [0.1, 0.15) is 0 Å². The molecule has 0 saturated heterocycles. The molecule has 0 bridgehead atoms. The van der Waals surface area contributed by atoms with Crippen LogP contribution in [0.15, 0.2) is 23.3 Å². The molecule has 0 spiro atoms. The summed E-state index contributed by atoms with van der Waals surface area (Å²) in [6, 6.07) is 0. The van der Waals surface area contributed by atoms with Crippen molar-refractivity contribution >= 4 is 11.4 Å². The van der Waals surface area contributed by atoms with E-state index >= 15 is 0 Å². The zero-order chi connectivity index (χ0) is 9.30. The van der Waals surface area contributed by atoms with Crippen molar-refractivity contribution in [3.8, 4) is 0 Å². The van der Waals surface area contributed by atoms with Crippen molar-refractivity contribution in [1.82, 2.24) is 0 Å². The van der Waals surface area contributed by atoms with Gasteiger partial charge in [-0.05, 0) is 24.0 Å². The Bertz CT molecular complexity index is 293. The lowest BCUT2D eigenvalue weighted by Gasteiger charge is -2.17. The zero-order valence-electron chi connectivity index (χ0n) is 7.73. The van der Waals surface area contributed by atoms with Crippen LogP contribution in [-0.2, 0) is 0 Å². The Morgan fingerprint density at radius 2 is 1.67 bits per heavy atom. The monoisotopic (exact) mass is 162 g/mol. The molecule has 2 heteroatoms. The smallest absolute Gasteiger partial charge is 0.0826 e. The molecular formula is C10H14N2. The summed E-state index contributed by atoms with van der Waals surface area (Å²) in [4.78, 5) is 0. The third-order valence-electron chi connectivity index (χ3n) is 2.07. The first-order valence-corrected chi connectivity index (χ1v) is 4.10. The van der Waals surface area contributed by atoms with Gasteiger partial charge in [0.15, 0.2) is 0 Å². The predicted octanol–water partition coefficient (Wildman–Crippen LogP) is 2.57. The SMILES string of the molecule is CC1=CC=C(C(C)C)C(=N)C1=N. The molecule has 64 valence electrons. The summed E-state index contributed by atoms with van der Waals surface area (Å²) < 4.78 is 0. The molecule has 2 nitrogen and oxygen atoms in total. The van der Waals surface area contributed by atoms with Crippen molar-refractivity contribution in [1.29, 1.82) is 10.8 Å². The molecule has 0 unspecified atom stereocenters. The fraction of sp³-hybridized carbons (Fsp3) is 0.400. The second kappa shape index (κ2) is 3.05. The molecule has 0 aromatic heterocycles. The molecule has 0 aliphatic heterocycles. The summed E-state index contributed by atoms with van der Waals surface area (Å²) in [5.74, 6) is 0.335. The van der Waals surface area contributed by atoms with Crippen molar-refractivity contribution in [2.45, 2.75) is 20.8 Å². The van der Waals surface area contributed by atoms with Gasteiger partial charge in [0.05, 0.1) is 11.4 Å². The minimum atomic E-state index is 0.335. The Kier molecular flexibility index (Phi) is 2.27. The Morgan fingerprint density at radius 1 is 1.08 bits per heavy atom. The van der Waals surface area contributed by atoms with Crippen LogP contribution in [0.25, 0.3) is 0 Å². The Balaban J connectivity index is 3.06. The number of hydrogen-bond acceptors (Lipinski definition) is 2. The van der Waals surface area contributed by atoms with Crippen LogP contribution in [0.1, 0.15) is 20.8 Å². The molecule has 0 aromatic carbocycles. The highest BCUT2D eigenvalue weighted by Gasteiger charge is 2.17. The third-order valence-corrected chi connectivity index (χ3v) is 2.07. The van der Waals surface area contributed by atoms with Crippen molar-refractivity contribution in [2.75, 3.05) is 0 Å². The first kappa shape index (κ1) is 8.91. The lowest BCUT2D eigenvalue weighted by molar-refractivity contribution is 0.802. The molecule has 0 radical (unpaired) electrons. The second-order valence-electron chi connectivity index (χ2n) is 3.38. The van der Waals surface area contributed by atoms with E-state index in [1.165, 1.54) is 0 Å². The average molecular weight is 162 g/mol. The topological polar surface area (TPSA) is 47.7 Å². The average Bonchev–Trinajstić information content (AvgIpc) is 2.00. The van der Waals surface area contributed by atoms with Crippen molar-refractivity contribution in [3.63, 3.8) is 0 Å². The second-order valence-corrected chi connectivity index (χ2v) is 3.38. The van der Waals surface area contributed by atoms with Crippen molar-refractivity contribution in [2.24, 2.45) is 5.92 Å². The van der Waals surface area contributed by atoms with Crippen LogP contribution in [0.4, 0.5) is 0 Å². The largest absolute Gasteiger partial charge is 0.298 e. The number of nitrogens with one attached hydrogen (secondary N) is 2. The van der Waals surface area contributed by atoms with Gasteiger partial charge in [-0.2, -0.15) is 0 Å². The highest BCUT2D eigenvalue weighted by atomic mass is 14.5. The van der Waals surface area contributed by atoms with Crippen LogP contribution in [0.5, 0.6) is 0 Å². The maximum atomic E-state index is 7.68. The molecule has 0 amide bonds. The highest BCUT2D eigenvalue weighted by molar-refractivity contribution is 6.52. The highest BCUT2D eigenvalue weighted by Crippen LogP contribution is 2.18. The quantitative estimate of drug-likeness (QED) is 0.557. The lowest BCUT2D eigenvalue weighted by Crippen LogP contribution is -2.21. The third kappa shape index (κ3) is 1.37. The van der Waals surface area contributed by atoms with Gasteiger partial charge in [0.2, 0.25) is 0 Å². The first-order chi connectivity index (χ1) is 5.54. The van der Waals surface area contributed by atoms with Gasteiger partial charge in [0, 0.05) is 0 Å². The van der Waals surface area contributed by atoms with Crippen LogP contribution in [-0.4, -0.2) is 11.4 Å².